The first-order chi connectivity index (χ1) is 9.65. The van der Waals surface area contributed by atoms with Crippen LogP contribution < -0.4 is 5.32 Å². The molecule has 0 amide bonds. The minimum atomic E-state index is 0.395. The van der Waals surface area contributed by atoms with Gasteiger partial charge in [-0.15, -0.1) is 6.58 Å². The molecule has 0 spiro atoms. The number of rotatable bonds is 6. The van der Waals surface area contributed by atoms with E-state index in [9.17, 15) is 0 Å². The van der Waals surface area contributed by atoms with Gasteiger partial charge >= 0.3 is 0 Å². The molecule has 0 aliphatic carbocycles. The van der Waals surface area contributed by atoms with Gasteiger partial charge in [0.2, 0.25) is 0 Å². The summed E-state index contributed by atoms with van der Waals surface area (Å²) in [6, 6.07) is 7.23. The molecule has 1 aromatic rings. The molecule has 0 bridgehead atoms. The summed E-state index contributed by atoms with van der Waals surface area (Å²) in [5.74, 6) is 0. The Morgan fingerprint density at radius 1 is 1.45 bits per heavy atom. The molecule has 108 valence electrons. The zero-order valence-corrected chi connectivity index (χ0v) is 12.8. The lowest BCUT2D eigenvalue weighted by Crippen LogP contribution is -2.42. The molecule has 0 saturated heterocycles. The van der Waals surface area contributed by atoms with Gasteiger partial charge in [-0.25, -0.2) is 0 Å². The van der Waals surface area contributed by atoms with E-state index < -0.39 is 0 Å². The number of benzene rings is 1. The molecule has 1 unspecified atom stereocenters. The largest absolute Gasteiger partial charge is 0.391 e. The third-order valence-corrected chi connectivity index (χ3v) is 4.21. The van der Waals surface area contributed by atoms with Crippen LogP contribution in [0.3, 0.4) is 0 Å². The molecule has 2 nitrogen and oxygen atoms in total. The van der Waals surface area contributed by atoms with E-state index in [2.05, 4.69) is 48.5 Å². The van der Waals surface area contributed by atoms with Gasteiger partial charge in [-0.2, -0.15) is 0 Å². The van der Waals surface area contributed by atoms with Gasteiger partial charge in [0.15, 0.2) is 0 Å². The smallest absolute Gasteiger partial charge is 0.0495 e. The Morgan fingerprint density at radius 2 is 2.25 bits per heavy atom. The third-order valence-electron chi connectivity index (χ3n) is 4.21. The number of hydrogen-bond acceptors (Lipinski definition) is 2. The van der Waals surface area contributed by atoms with E-state index in [1.54, 1.807) is 0 Å². The van der Waals surface area contributed by atoms with Crippen molar-refractivity contribution in [2.45, 2.75) is 38.8 Å². The van der Waals surface area contributed by atoms with Crippen molar-refractivity contribution in [2.75, 3.05) is 13.6 Å². The van der Waals surface area contributed by atoms with Gasteiger partial charge in [0.25, 0.3) is 0 Å². The first-order valence-electron chi connectivity index (χ1n) is 7.45. The average molecular weight is 270 g/mol. The van der Waals surface area contributed by atoms with Crippen molar-refractivity contribution in [1.29, 1.82) is 0 Å². The van der Waals surface area contributed by atoms with Crippen molar-refractivity contribution in [3.05, 3.63) is 59.8 Å². The lowest BCUT2D eigenvalue weighted by atomic mass is 9.95. The number of allylic oxidation sites excluding steroid dienone is 1. The summed E-state index contributed by atoms with van der Waals surface area (Å²) in [7, 11) is 1.96. The first kappa shape index (κ1) is 14.9. The zero-order chi connectivity index (χ0) is 14.5. The van der Waals surface area contributed by atoms with Gasteiger partial charge in [0, 0.05) is 31.9 Å². The number of nitrogens with zero attached hydrogens (tertiary/aromatic N) is 1. The average Bonchev–Trinajstić information content (AvgIpc) is 2.46. The Balaban J connectivity index is 2.15. The summed E-state index contributed by atoms with van der Waals surface area (Å²) in [6.07, 6.45) is 5.25. The molecule has 20 heavy (non-hydrogen) atoms. The minimum absolute atomic E-state index is 0.395. The molecule has 0 aromatic heterocycles. The predicted molar refractivity (Wildman–Crippen MR) is 86.7 cm³/mol. The van der Waals surface area contributed by atoms with Gasteiger partial charge in [0.05, 0.1) is 0 Å². The van der Waals surface area contributed by atoms with Crippen LogP contribution in [0.1, 0.15) is 29.5 Å². The van der Waals surface area contributed by atoms with E-state index in [-0.39, 0.29) is 0 Å². The van der Waals surface area contributed by atoms with Crippen molar-refractivity contribution < 1.29 is 0 Å². The molecular weight excluding hydrogens is 244 g/mol. The lowest BCUT2D eigenvalue weighted by Gasteiger charge is -2.36. The van der Waals surface area contributed by atoms with Crippen molar-refractivity contribution in [3.8, 4) is 0 Å². The number of hydrogen-bond donors (Lipinski definition) is 1. The zero-order valence-electron chi connectivity index (χ0n) is 12.8. The topological polar surface area (TPSA) is 15.3 Å². The third kappa shape index (κ3) is 3.31. The number of likely N-dealkylation sites (N-methyl/N-ethyl adjacent to an activating group) is 1. The predicted octanol–water partition coefficient (Wildman–Crippen LogP) is 3.42. The summed E-state index contributed by atoms with van der Waals surface area (Å²) in [6.45, 7) is 12.3. The van der Waals surface area contributed by atoms with Crippen molar-refractivity contribution in [1.82, 2.24) is 10.2 Å². The number of aryl methyl sites for hydroxylation is 1. The molecule has 1 N–H and O–H groups in total. The normalized spacial score (nSPS) is 16.3. The molecule has 1 aliphatic rings. The fraction of sp³-hybridized carbons (Fsp3) is 0.444. The van der Waals surface area contributed by atoms with Crippen LogP contribution in [-0.4, -0.2) is 24.5 Å². The highest BCUT2D eigenvalue weighted by molar-refractivity contribution is 5.33. The van der Waals surface area contributed by atoms with E-state index in [0.717, 1.165) is 38.0 Å². The summed E-state index contributed by atoms with van der Waals surface area (Å²) in [5, 5.41) is 3.24. The molecule has 2 heteroatoms. The van der Waals surface area contributed by atoms with E-state index in [4.69, 9.17) is 0 Å². The fourth-order valence-electron chi connectivity index (χ4n) is 2.99. The maximum atomic E-state index is 4.19. The molecule has 1 aromatic carbocycles. The SMILES string of the molecule is C=CCCC(C(=C)NC)N1CCc2ccc(C)cc2C1. The molecule has 1 heterocycles. The second kappa shape index (κ2) is 6.76. The van der Waals surface area contributed by atoms with Crippen molar-refractivity contribution in [3.63, 3.8) is 0 Å². The highest BCUT2D eigenvalue weighted by atomic mass is 15.2. The van der Waals surface area contributed by atoms with Gasteiger partial charge in [-0.1, -0.05) is 36.4 Å². The summed E-state index contributed by atoms with van der Waals surface area (Å²) >= 11 is 0. The number of nitrogens with one attached hydrogen (secondary N) is 1. The van der Waals surface area contributed by atoms with Crippen LogP contribution in [0.5, 0.6) is 0 Å². The second-order valence-corrected chi connectivity index (χ2v) is 5.65. The van der Waals surface area contributed by atoms with Gasteiger partial charge in [-0.3, -0.25) is 4.90 Å². The van der Waals surface area contributed by atoms with Crippen molar-refractivity contribution in [2.24, 2.45) is 0 Å². The maximum absolute atomic E-state index is 4.19. The van der Waals surface area contributed by atoms with Gasteiger partial charge < -0.3 is 5.32 Å². The molecule has 0 radical (unpaired) electrons. The quantitative estimate of drug-likeness (QED) is 0.797. The van der Waals surface area contributed by atoms with E-state index in [1.165, 1.54) is 16.7 Å². The van der Waals surface area contributed by atoms with E-state index in [0.29, 0.717) is 6.04 Å². The maximum Gasteiger partial charge on any atom is 0.0495 e. The van der Waals surface area contributed by atoms with Crippen LogP contribution in [0.15, 0.2) is 43.1 Å². The van der Waals surface area contributed by atoms with Crippen LogP contribution >= 0.6 is 0 Å². The Hall–Kier alpha value is -1.54. The van der Waals surface area contributed by atoms with Gasteiger partial charge in [-0.05, 0) is 37.3 Å². The Labute approximate surface area is 123 Å². The standard InChI is InChI=1S/C18H26N2/c1-5-6-7-18(15(3)19-4)20-11-10-16-9-8-14(2)12-17(16)13-20/h5,8-9,12,18-19H,1,3,6-7,10-11,13H2,2,4H3. The molecule has 0 saturated carbocycles. The fourth-order valence-corrected chi connectivity index (χ4v) is 2.99. The first-order valence-corrected chi connectivity index (χ1v) is 7.45. The molecule has 0 fully saturated rings. The van der Waals surface area contributed by atoms with Crippen LogP contribution in [0, 0.1) is 6.92 Å². The van der Waals surface area contributed by atoms with Crippen LogP contribution in [0.25, 0.3) is 0 Å². The molecule has 1 atom stereocenters. The number of fused-ring (bicyclic) bond motifs is 1. The molecular formula is C18H26N2. The Morgan fingerprint density at radius 3 is 2.95 bits per heavy atom. The summed E-state index contributed by atoms with van der Waals surface area (Å²) in [4.78, 5) is 2.55. The van der Waals surface area contributed by atoms with Gasteiger partial charge in [0.1, 0.15) is 0 Å². The summed E-state index contributed by atoms with van der Waals surface area (Å²) < 4.78 is 0. The Bertz CT molecular complexity index is 490. The lowest BCUT2D eigenvalue weighted by molar-refractivity contribution is 0.190. The second-order valence-electron chi connectivity index (χ2n) is 5.65. The molecule has 1 aliphatic heterocycles. The summed E-state index contributed by atoms with van der Waals surface area (Å²) in [5.41, 5.74) is 5.44. The highest BCUT2D eigenvalue weighted by Gasteiger charge is 2.24. The Kier molecular flexibility index (Phi) is 5.02. The van der Waals surface area contributed by atoms with Crippen LogP contribution in [0.2, 0.25) is 0 Å². The molecule has 2 rings (SSSR count). The highest BCUT2D eigenvalue weighted by Crippen LogP contribution is 2.25. The minimum Gasteiger partial charge on any atom is -0.391 e. The monoisotopic (exact) mass is 270 g/mol. The van der Waals surface area contributed by atoms with Crippen LogP contribution in [0.4, 0.5) is 0 Å². The van der Waals surface area contributed by atoms with E-state index >= 15 is 0 Å². The van der Waals surface area contributed by atoms with E-state index in [1.807, 2.05) is 13.1 Å². The van der Waals surface area contributed by atoms with Crippen LogP contribution in [-0.2, 0) is 13.0 Å². The van der Waals surface area contributed by atoms with Crippen molar-refractivity contribution >= 4 is 0 Å².